The maximum absolute atomic E-state index is 12.5. The van der Waals surface area contributed by atoms with Gasteiger partial charge in [-0.2, -0.15) is 0 Å². The molecule has 0 unspecified atom stereocenters. The van der Waals surface area contributed by atoms with Gasteiger partial charge in [0.15, 0.2) is 12.0 Å². The van der Waals surface area contributed by atoms with Crippen molar-refractivity contribution in [2.45, 2.75) is 12.9 Å². The standard InChI is InChI=1S/C14H14F3NO4/c15-14(16,17)22-12-3-1-2-11-10(9-20)8-18(13(11)12)4-6-21-7-5-19/h1-3,8-9,19H,4-7H2. The summed E-state index contributed by atoms with van der Waals surface area (Å²) in [6.07, 6.45) is -2.80. The molecule has 0 bridgehead atoms. The topological polar surface area (TPSA) is 60.7 Å². The zero-order valence-electron chi connectivity index (χ0n) is 11.5. The van der Waals surface area contributed by atoms with Crippen LogP contribution in [0.4, 0.5) is 13.2 Å². The van der Waals surface area contributed by atoms with E-state index in [1.807, 2.05) is 0 Å². The van der Waals surface area contributed by atoms with Crippen molar-refractivity contribution in [3.63, 3.8) is 0 Å². The molecule has 0 saturated carbocycles. The van der Waals surface area contributed by atoms with Crippen LogP contribution in [-0.4, -0.2) is 42.1 Å². The predicted molar refractivity (Wildman–Crippen MR) is 71.9 cm³/mol. The highest BCUT2D eigenvalue weighted by molar-refractivity contribution is 6.00. The Morgan fingerprint density at radius 3 is 2.68 bits per heavy atom. The second-order valence-electron chi connectivity index (χ2n) is 4.43. The molecular weight excluding hydrogens is 303 g/mol. The van der Waals surface area contributed by atoms with E-state index in [4.69, 9.17) is 9.84 Å². The van der Waals surface area contributed by atoms with Crippen LogP contribution in [0.15, 0.2) is 24.4 Å². The van der Waals surface area contributed by atoms with Crippen molar-refractivity contribution in [1.29, 1.82) is 0 Å². The fourth-order valence-corrected chi connectivity index (χ4v) is 2.16. The number of carbonyl (C=O) groups excluding carboxylic acids is 1. The number of halogens is 3. The van der Waals surface area contributed by atoms with Crippen molar-refractivity contribution in [2.75, 3.05) is 19.8 Å². The van der Waals surface area contributed by atoms with Gasteiger partial charge in [-0.25, -0.2) is 0 Å². The number of carbonyl (C=O) groups is 1. The molecule has 0 aliphatic carbocycles. The molecule has 0 aliphatic rings. The minimum absolute atomic E-state index is 0.131. The van der Waals surface area contributed by atoms with Gasteiger partial charge in [-0.1, -0.05) is 12.1 Å². The van der Waals surface area contributed by atoms with Crippen LogP contribution in [0.25, 0.3) is 10.9 Å². The average molecular weight is 317 g/mol. The average Bonchev–Trinajstić information content (AvgIpc) is 2.81. The number of aldehydes is 1. The van der Waals surface area contributed by atoms with Gasteiger partial charge in [0, 0.05) is 23.7 Å². The third kappa shape index (κ3) is 3.77. The van der Waals surface area contributed by atoms with Gasteiger partial charge in [-0.3, -0.25) is 4.79 Å². The summed E-state index contributed by atoms with van der Waals surface area (Å²) in [5.41, 5.74) is 0.444. The second kappa shape index (κ2) is 6.80. The number of para-hydroxylation sites is 1. The molecule has 1 N–H and O–H groups in total. The van der Waals surface area contributed by atoms with E-state index in [2.05, 4.69) is 4.74 Å². The lowest BCUT2D eigenvalue weighted by Crippen LogP contribution is -2.18. The zero-order chi connectivity index (χ0) is 16.2. The van der Waals surface area contributed by atoms with E-state index in [0.29, 0.717) is 11.7 Å². The van der Waals surface area contributed by atoms with E-state index in [0.717, 1.165) is 0 Å². The first-order valence-electron chi connectivity index (χ1n) is 6.47. The molecule has 2 aromatic rings. The van der Waals surface area contributed by atoms with E-state index in [9.17, 15) is 18.0 Å². The summed E-state index contributed by atoms with van der Waals surface area (Å²) < 4.78 is 48.1. The number of nitrogens with zero attached hydrogens (tertiary/aromatic N) is 1. The lowest BCUT2D eigenvalue weighted by molar-refractivity contribution is -0.274. The number of aromatic nitrogens is 1. The molecule has 1 heterocycles. The van der Waals surface area contributed by atoms with Gasteiger partial charge in [0.25, 0.3) is 0 Å². The third-order valence-electron chi connectivity index (χ3n) is 2.96. The summed E-state index contributed by atoms with van der Waals surface area (Å²) in [5.74, 6) is -0.375. The van der Waals surface area contributed by atoms with Crippen LogP contribution in [0.3, 0.4) is 0 Å². The Morgan fingerprint density at radius 2 is 2.05 bits per heavy atom. The minimum Gasteiger partial charge on any atom is -0.404 e. The maximum Gasteiger partial charge on any atom is 0.573 e. The van der Waals surface area contributed by atoms with Crippen LogP contribution in [0.2, 0.25) is 0 Å². The molecule has 8 heteroatoms. The number of ether oxygens (including phenoxy) is 2. The van der Waals surface area contributed by atoms with Gasteiger partial charge < -0.3 is 19.1 Å². The van der Waals surface area contributed by atoms with Crippen molar-refractivity contribution in [2.24, 2.45) is 0 Å². The van der Waals surface area contributed by atoms with Crippen molar-refractivity contribution < 1.29 is 32.5 Å². The number of aliphatic hydroxyl groups excluding tert-OH is 1. The number of benzene rings is 1. The Hall–Kier alpha value is -2.06. The Labute approximate surface area is 123 Å². The minimum atomic E-state index is -4.82. The normalized spacial score (nSPS) is 11.8. The lowest BCUT2D eigenvalue weighted by Gasteiger charge is -2.12. The first kappa shape index (κ1) is 16.3. The number of alkyl halides is 3. The molecule has 0 radical (unpaired) electrons. The summed E-state index contributed by atoms with van der Waals surface area (Å²) in [6, 6.07) is 4.13. The highest BCUT2D eigenvalue weighted by Gasteiger charge is 2.32. The monoisotopic (exact) mass is 317 g/mol. The van der Waals surface area contributed by atoms with Gasteiger partial charge in [0.2, 0.25) is 0 Å². The van der Waals surface area contributed by atoms with Gasteiger partial charge in [0.1, 0.15) is 0 Å². The van der Waals surface area contributed by atoms with Crippen LogP contribution in [-0.2, 0) is 11.3 Å². The van der Waals surface area contributed by atoms with Crippen LogP contribution in [0, 0.1) is 0 Å². The number of rotatable bonds is 7. The summed E-state index contributed by atoms with van der Waals surface area (Å²) in [4.78, 5) is 11.1. The number of hydrogen-bond donors (Lipinski definition) is 1. The molecule has 0 atom stereocenters. The summed E-state index contributed by atoms with van der Waals surface area (Å²) in [6.45, 7) is 0.394. The third-order valence-corrected chi connectivity index (χ3v) is 2.96. The van der Waals surface area contributed by atoms with Crippen molar-refractivity contribution >= 4 is 17.2 Å². The molecule has 22 heavy (non-hydrogen) atoms. The van der Waals surface area contributed by atoms with E-state index < -0.39 is 6.36 Å². The van der Waals surface area contributed by atoms with Crippen LogP contribution in [0.1, 0.15) is 10.4 Å². The van der Waals surface area contributed by atoms with Gasteiger partial charge in [0.05, 0.1) is 25.3 Å². The fourth-order valence-electron chi connectivity index (χ4n) is 2.16. The molecule has 5 nitrogen and oxygen atoms in total. The van der Waals surface area contributed by atoms with Crippen molar-refractivity contribution in [1.82, 2.24) is 4.57 Å². The molecule has 2 rings (SSSR count). The largest absolute Gasteiger partial charge is 0.573 e. The van der Waals surface area contributed by atoms with E-state index in [1.54, 1.807) is 6.07 Å². The quantitative estimate of drug-likeness (QED) is 0.629. The fraction of sp³-hybridized carbons (Fsp3) is 0.357. The molecule has 120 valence electrons. The smallest absolute Gasteiger partial charge is 0.404 e. The van der Waals surface area contributed by atoms with Gasteiger partial charge in [-0.15, -0.1) is 13.2 Å². The molecule has 1 aromatic carbocycles. The van der Waals surface area contributed by atoms with E-state index >= 15 is 0 Å². The zero-order valence-corrected chi connectivity index (χ0v) is 11.5. The SMILES string of the molecule is O=Cc1cn(CCOCCO)c2c(OC(F)(F)F)cccc12. The lowest BCUT2D eigenvalue weighted by atomic mass is 10.2. The van der Waals surface area contributed by atoms with Crippen LogP contribution >= 0.6 is 0 Å². The number of hydrogen-bond acceptors (Lipinski definition) is 4. The Bertz CT molecular complexity index is 651. The Kier molecular flexibility index (Phi) is 5.04. The molecule has 0 fully saturated rings. The maximum atomic E-state index is 12.5. The molecule has 0 amide bonds. The van der Waals surface area contributed by atoms with E-state index in [-0.39, 0.29) is 43.2 Å². The Balaban J connectivity index is 2.39. The molecule has 0 aliphatic heterocycles. The first-order chi connectivity index (χ1) is 10.5. The predicted octanol–water partition coefficient (Wildman–Crippen LogP) is 2.36. The summed E-state index contributed by atoms with van der Waals surface area (Å²) >= 11 is 0. The first-order valence-corrected chi connectivity index (χ1v) is 6.47. The molecule has 0 spiro atoms. The number of fused-ring (bicyclic) bond motifs is 1. The molecular formula is C14H14F3NO4. The van der Waals surface area contributed by atoms with Crippen molar-refractivity contribution in [3.05, 3.63) is 30.0 Å². The molecule has 1 aromatic heterocycles. The second-order valence-corrected chi connectivity index (χ2v) is 4.43. The van der Waals surface area contributed by atoms with Gasteiger partial charge >= 0.3 is 6.36 Å². The van der Waals surface area contributed by atoms with E-state index in [1.165, 1.54) is 22.9 Å². The Morgan fingerprint density at radius 1 is 1.27 bits per heavy atom. The van der Waals surface area contributed by atoms with Gasteiger partial charge in [-0.05, 0) is 6.07 Å². The van der Waals surface area contributed by atoms with Crippen molar-refractivity contribution in [3.8, 4) is 5.75 Å². The molecule has 0 saturated heterocycles. The van der Waals surface area contributed by atoms with Crippen LogP contribution in [0.5, 0.6) is 5.75 Å². The highest BCUT2D eigenvalue weighted by atomic mass is 19.4. The van der Waals surface area contributed by atoms with Crippen LogP contribution < -0.4 is 4.74 Å². The summed E-state index contributed by atoms with van der Waals surface area (Å²) in [7, 11) is 0. The highest BCUT2D eigenvalue weighted by Crippen LogP contribution is 2.33. The number of aliphatic hydroxyl groups is 1. The summed E-state index contributed by atoms with van der Waals surface area (Å²) in [5, 5.41) is 9.00.